The fourth-order valence-electron chi connectivity index (χ4n) is 4.50. The van der Waals surface area contributed by atoms with Crippen molar-refractivity contribution in [2.45, 2.75) is 70.0 Å². The Kier molecular flexibility index (Phi) is 7.13. The second kappa shape index (κ2) is 9.55. The minimum Gasteiger partial charge on any atom is -0.396 e. The Balaban J connectivity index is 1.59. The molecule has 1 atom stereocenters. The first-order valence-electron chi connectivity index (χ1n) is 9.99. The Morgan fingerprint density at radius 3 is 2.33 bits per heavy atom. The van der Waals surface area contributed by atoms with Crippen LogP contribution in [-0.2, 0) is 6.54 Å². The minimum absolute atomic E-state index is 0.300. The molecule has 0 amide bonds. The van der Waals surface area contributed by atoms with Gasteiger partial charge in [-0.15, -0.1) is 0 Å². The summed E-state index contributed by atoms with van der Waals surface area (Å²) in [5.41, 5.74) is 1.39. The van der Waals surface area contributed by atoms with Crippen LogP contribution < -0.4 is 0 Å². The van der Waals surface area contributed by atoms with Gasteiger partial charge >= 0.3 is 0 Å². The van der Waals surface area contributed by atoms with Gasteiger partial charge in [0.2, 0.25) is 0 Å². The van der Waals surface area contributed by atoms with E-state index in [1.165, 1.54) is 57.1 Å². The van der Waals surface area contributed by atoms with Crippen LogP contribution in [0.25, 0.3) is 0 Å². The third-order valence-electron chi connectivity index (χ3n) is 5.92. The Labute approximate surface area is 147 Å². The summed E-state index contributed by atoms with van der Waals surface area (Å²) in [6, 6.07) is 12.1. The lowest BCUT2D eigenvalue weighted by atomic mass is 9.94. The Morgan fingerprint density at radius 2 is 1.62 bits per heavy atom. The number of benzene rings is 1. The Hall–Kier alpha value is -0.900. The minimum atomic E-state index is 0.300. The molecule has 1 heterocycles. The molecule has 1 saturated heterocycles. The van der Waals surface area contributed by atoms with E-state index in [0.717, 1.165) is 32.1 Å². The molecule has 2 fully saturated rings. The second-order valence-electron chi connectivity index (χ2n) is 7.62. The molecule has 0 radical (unpaired) electrons. The molecule has 1 aromatic carbocycles. The quantitative estimate of drug-likeness (QED) is 0.892. The summed E-state index contributed by atoms with van der Waals surface area (Å²) in [6.45, 7) is 4.78. The van der Waals surface area contributed by atoms with Crippen molar-refractivity contribution in [3.8, 4) is 0 Å². The van der Waals surface area contributed by atoms with Crippen molar-refractivity contribution in [3.63, 3.8) is 0 Å². The number of rotatable bonds is 5. The maximum absolute atomic E-state index is 9.54. The van der Waals surface area contributed by atoms with Crippen molar-refractivity contribution >= 4 is 0 Å². The molecule has 3 rings (SSSR count). The van der Waals surface area contributed by atoms with Gasteiger partial charge in [0, 0.05) is 44.9 Å². The highest BCUT2D eigenvalue weighted by Crippen LogP contribution is 2.25. The van der Waals surface area contributed by atoms with Crippen LogP contribution in [-0.4, -0.2) is 53.2 Å². The van der Waals surface area contributed by atoms with Crippen molar-refractivity contribution in [3.05, 3.63) is 35.9 Å². The second-order valence-corrected chi connectivity index (χ2v) is 7.62. The van der Waals surface area contributed by atoms with E-state index < -0.39 is 0 Å². The zero-order chi connectivity index (χ0) is 16.6. The van der Waals surface area contributed by atoms with Gasteiger partial charge in [0.15, 0.2) is 0 Å². The number of aliphatic hydroxyl groups is 1. The topological polar surface area (TPSA) is 26.7 Å². The number of aliphatic hydroxyl groups excluding tert-OH is 1. The average molecular weight is 331 g/mol. The van der Waals surface area contributed by atoms with E-state index in [1.807, 2.05) is 0 Å². The van der Waals surface area contributed by atoms with E-state index >= 15 is 0 Å². The zero-order valence-electron chi connectivity index (χ0n) is 15.1. The molecule has 1 saturated carbocycles. The van der Waals surface area contributed by atoms with Gasteiger partial charge < -0.3 is 5.11 Å². The molecule has 24 heavy (non-hydrogen) atoms. The largest absolute Gasteiger partial charge is 0.396 e. The summed E-state index contributed by atoms with van der Waals surface area (Å²) in [5.74, 6) is 0. The van der Waals surface area contributed by atoms with Gasteiger partial charge in [-0.3, -0.25) is 9.80 Å². The first-order valence-corrected chi connectivity index (χ1v) is 9.99. The van der Waals surface area contributed by atoms with Gasteiger partial charge in [0.1, 0.15) is 0 Å². The highest BCUT2D eigenvalue weighted by molar-refractivity contribution is 5.14. The monoisotopic (exact) mass is 330 g/mol. The molecule has 0 spiro atoms. The number of nitrogens with zero attached hydrogens (tertiary/aromatic N) is 2. The first kappa shape index (κ1) is 17.9. The van der Waals surface area contributed by atoms with E-state index in [2.05, 4.69) is 40.1 Å². The summed E-state index contributed by atoms with van der Waals surface area (Å²) in [4.78, 5) is 5.33. The van der Waals surface area contributed by atoms with E-state index in [4.69, 9.17) is 0 Å². The Bertz CT molecular complexity index is 456. The van der Waals surface area contributed by atoms with Crippen LogP contribution in [0.1, 0.15) is 56.9 Å². The van der Waals surface area contributed by atoms with Crippen molar-refractivity contribution in [2.24, 2.45) is 0 Å². The molecule has 0 bridgehead atoms. The molecule has 1 N–H and O–H groups in total. The SMILES string of the molecule is OCC[C@@H]1CN(C2CCCCCCC2)CCN1Cc1ccccc1. The molecule has 2 aliphatic rings. The normalized spacial score (nSPS) is 25.3. The summed E-state index contributed by atoms with van der Waals surface area (Å²) in [7, 11) is 0. The molecule has 0 unspecified atom stereocenters. The van der Waals surface area contributed by atoms with Crippen LogP contribution in [0, 0.1) is 0 Å². The molecular formula is C21H34N2O. The number of hydrogen-bond donors (Lipinski definition) is 1. The summed E-state index contributed by atoms with van der Waals surface area (Å²) in [5, 5.41) is 9.54. The molecule has 1 aliphatic heterocycles. The third kappa shape index (κ3) is 5.05. The van der Waals surface area contributed by atoms with E-state index in [1.54, 1.807) is 0 Å². The van der Waals surface area contributed by atoms with Crippen LogP contribution in [0.5, 0.6) is 0 Å². The lowest BCUT2D eigenvalue weighted by Gasteiger charge is -2.45. The maximum Gasteiger partial charge on any atom is 0.0446 e. The van der Waals surface area contributed by atoms with E-state index in [9.17, 15) is 5.11 Å². The molecule has 1 aliphatic carbocycles. The van der Waals surface area contributed by atoms with Gasteiger partial charge in [-0.2, -0.15) is 0 Å². The maximum atomic E-state index is 9.54. The highest BCUT2D eigenvalue weighted by Gasteiger charge is 2.30. The molecular weight excluding hydrogens is 296 g/mol. The Morgan fingerprint density at radius 1 is 0.917 bits per heavy atom. The van der Waals surface area contributed by atoms with Crippen molar-refractivity contribution < 1.29 is 5.11 Å². The van der Waals surface area contributed by atoms with Gasteiger partial charge in [-0.1, -0.05) is 62.4 Å². The number of hydrogen-bond acceptors (Lipinski definition) is 3. The molecule has 3 heteroatoms. The van der Waals surface area contributed by atoms with Gasteiger partial charge in [0.05, 0.1) is 0 Å². The smallest absolute Gasteiger partial charge is 0.0446 e. The number of piperazine rings is 1. The average Bonchev–Trinajstić information content (AvgIpc) is 2.58. The molecule has 3 nitrogen and oxygen atoms in total. The van der Waals surface area contributed by atoms with Crippen LogP contribution in [0.15, 0.2) is 30.3 Å². The van der Waals surface area contributed by atoms with Gasteiger partial charge in [-0.25, -0.2) is 0 Å². The van der Waals surface area contributed by atoms with Crippen LogP contribution in [0.3, 0.4) is 0 Å². The fraction of sp³-hybridized carbons (Fsp3) is 0.714. The standard InChI is InChI=1S/C21H34N2O/c24-16-13-21-18-23(20-11-7-2-1-3-8-12-20)15-14-22(21)17-19-9-5-4-6-10-19/h4-6,9-10,20-21,24H,1-3,7-8,11-18H2/t21-/m1/s1. The van der Waals surface area contributed by atoms with Crippen LogP contribution in [0.4, 0.5) is 0 Å². The van der Waals surface area contributed by atoms with Crippen LogP contribution >= 0.6 is 0 Å². The predicted molar refractivity (Wildman–Crippen MR) is 100 cm³/mol. The van der Waals surface area contributed by atoms with E-state index in [0.29, 0.717) is 12.6 Å². The fourth-order valence-corrected chi connectivity index (χ4v) is 4.50. The highest BCUT2D eigenvalue weighted by atomic mass is 16.3. The molecule has 0 aromatic heterocycles. The predicted octanol–water partition coefficient (Wildman–Crippen LogP) is 3.67. The van der Waals surface area contributed by atoms with Crippen LogP contribution in [0.2, 0.25) is 0 Å². The summed E-state index contributed by atoms with van der Waals surface area (Å²) < 4.78 is 0. The first-order chi connectivity index (χ1) is 11.9. The van der Waals surface area contributed by atoms with Crippen molar-refractivity contribution in [1.29, 1.82) is 0 Å². The third-order valence-corrected chi connectivity index (χ3v) is 5.92. The molecule has 134 valence electrons. The van der Waals surface area contributed by atoms with Gasteiger partial charge in [-0.05, 0) is 24.8 Å². The molecule has 1 aromatic rings. The lowest BCUT2D eigenvalue weighted by molar-refractivity contribution is 0.0249. The van der Waals surface area contributed by atoms with Gasteiger partial charge in [0.25, 0.3) is 0 Å². The van der Waals surface area contributed by atoms with Crippen molar-refractivity contribution in [1.82, 2.24) is 9.80 Å². The van der Waals surface area contributed by atoms with E-state index in [-0.39, 0.29) is 0 Å². The summed E-state index contributed by atoms with van der Waals surface area (Å²) >= 11 is 0. The van der Waals surface area contributed by atoms with Crippen molar-refractivity contribution in [2.75, 3.05) is 26.2 Å². The zero-order valence-corrected chi connectivity index (χ0v) is 15.1. The summed E-state index contributed by atoms with van der Waals surface area (Å²) in [6.07, 6.45) is 10.7. The lowest BCUT2D eigenvalue weighted by Crippen LogP contribution is -2.55.